The number of nitrogens with one attached hydrogen (secondary N) is 1. The molecular weight excluding hydrogens is 463 g/mol. The lowest BCUT2D eigenvalue weighted by atomic mass is 10.0. The minimum atomic E-state index is -4.51. The first kappa shape index (κ1) is 20.5. The number of halogens is 4. The summed E-state index contributed by atoms with van der Waals surface area (Å²) >= 11 is 3.31. The number of benzene rings is 1. The van der Waals surface area contributed by atoms with E-state index in [9.17, 15) is 18.0 Å². The molecule has 0 radical (unpaired) electrons. The highest BCUT2D eigenvalue weighted by atomic mass is 79.9. The molecule has 4 rings (SSSR count). The summed E-state index contributed by atoms with van der Waals surface area (Å²) in [6, 6.07) is 6.47. The summed E-state index contributed by atoms with van der Waals surface area (Å²) in [5.74, 6) is 0.395. The molecule has 2 heterocycles. The summed E-state index contributed by atoms with van der Waals surface area (Å²) in [7, 11) is 0. The third-order valence-electron chi connectivity index (χ3n) is 4.83. The fourth-order valence-corrected chi connectivity index (χ4v) is 3.39. The molecule has 0 spiro atoms. The first-order valence-electron chi connectivity index (χ1n) is 9.27. The molecule has 1 saturated carbocycles. The van der Waals surface area contributed by atoms with Gasteiger partial charge in [0, 0.05) is 16.2 Å². The Morgan fingerprint density at radius 3 is 2.63 bits per heavy atom. The van der Waals surface area contributed by atoms with E-state index >= 15 is 0 Å². The average Bonchev–Trinajstić information content (AvgIpc) is 3.44. The monoisotopic (exact) mass is 479 g/mol. The van der Waals surface area contributed by atoms with Crippen molar-refractivity contribution in [1.82, 2.24) is 25.1 Å². The lowest BCUT2D eigenvalue weighted by Crippen LogP contribution is -2.29. The van der Waals surface area contributed by atoms with E-state index < -0.39 is 23.7 Å². The molecule has 3 aromatic rings. The van der Waals surface area contributed by atoms with E-state index in [1.165, 1.54) is 17.1 Å². The lowest BCUT2D eigenvalue weighted by Gasteiger charge is -2.16. The molecule has 6 nitrogen and oxygen atoms in total. The van der Waals surface area contributed by atoms with Gasteiger partial charge in [0.15, 0.2) is 11.6 Å². The molecule has 0 aliphatic heterocycles. The Bertz CT molecular complexity index is 1080. The smallest absolute Gasteiger partial charge is 0.342 e. The number of carbonyl (C=O) groups is 1. The molecular formula is C20H17BrF3N5O. The van der Waals surface area contributed by atoms with Gasteiger partial charge >= 0.3 is 6.18 Å². The van der Waals surface area contributed by atoms with Gasteiger partial charge in [0.2, 0.25) is 0 Å². The van der Waals surface area contributed by atoms with Crippen molar-refractivity contribution in [3.8, 4) is 5.82 Å². The van der Waals surface area contributed by atoms with Crippen molar-refractivity contribution in [2.45, 2.75) is 37.9 Å². The van der Waals surface area contributed by atoms with Crippen LogP contribution < -0.4 is 5.32 Å². The molecule has 1 unspecified atom stereocenters. The number of carbonyl (C=O) groups excluding carboxylic acids is 1. The Morgan fingerprint density at radius 1 is 1.23 bits per heavy atom. The Labute approximate surface area is 178 Å². The van der Waals surface area contributed by atoms with Crippen LogP contribution in [0.3, 0.4) is 0 Å². The third kappa shape index (κ3) is 4.38. The first-order valence-corrected chi connectivity index (χ1v) is 10.1. The van der Waals surface area contributed by atoms with Crippen LogP contribution in [0.5, 0.6) is 0 Å². The van der Waals surface area contributed by atoms with Gasteiger partial charge < -0.3 is 5.32 Å². The van der Waals surface area contributed by atoms with E-state index in [-0.39, 0.29) is 11.5 Å². The van der Waals surface area contributed by atoms with Gasteiger partial charge in [-0.2, -0.15) is 23.0 Å². The SMILES string of the molecule is CC(NC(=O)c1cc(C2CC2)cc(C(F)(F)F)c1)c1ncnn1-c1ccc(Br)cn1. The quantitative estimate of drug-likeness (QED) is 0.569. The summed E-state index contributed by atoms with van der Waals surface area (Å²) < 4.78 is 42.1. The van der Waals surface area contributed by atoms with Crippen LogP contribution in [0.4, 0.5) is 13.2 Å². The zero-order valence-electron chi connectivity index (χ0n) is 15.8. The second-order valence-electron chi connectivity index (χ2n) is 7.18. The summed E-state index contributed by atoms with van der Waals surface area (Å²) in [6.45, 7) is 1.69. The van der Waals surface area contributed by atoms with Crippen LogP contribution in [0.2, 0.25) is 0 Å². The Kier molecular flexibility index (Phi) is 5.35. The van der Waals surface area contributed by atoms with Crippen LogP contribution in [0, 0.1) is 0 Å². The van der Waals surface area contributed by atoms with E-state index in [2.05, 4.69) is 36.3 Å². The average molecular weight is 480 g/mol. The predicted octanol–water partition coefficient (Wildman–Crippen LogP) is 4.81. The number of amides is 1. The molecule has 0 saturated heterocycles. The van der Waals surface area contributed by atoms with Crippen LogP contribution in [-0.4, -0.2) is 25.7 Å². The molecule has 1 aliphatic carbocycles. The van der Waals surface area contributed by atoms with Crippen molar-refractivity contribution < 1.29 is 18.0 Å². The van der Waals surface area contributed by atoms with Gasteiger partial charge in [0.1, 0.15) is 6.33 Å². The number of aromatic nitrogens is 4. The van der Waals surface area contributed by atoms with Crippen molar-refractivity contribution in [2.24, 2.45) is 0 Å². The van der Waals surface area contributed by atoms with E-state index in [1.54, 1.807) is 25.3 Å². The zero-order valence-corrected chi connectivity index (χ0v) is 17.4. The van der Waals surface area contributed by atoms with Gasteiger partial charge in [-0.25, -0.2) is 9.97 Å². The van der Waals surface area contributed by atoms with Gasteiger partial charge in [0.05, 0.1) is 11.6 Å². The Morgan fingerprint density at radius 2 is 2.00 bits per heavy atom. The largest absolute Gasteiger partial charge is 0.416 e. The molecule has 2 aromatic heterocycles. The van der Waals surface area contributed by atoms with Gasteiger partial charge in [-0.15, -0.1) is 0 Å². The standard InChI is InChI=1S/C20H17BrF3N5O/c1-11(18-26-10-27-29(18)17-5-4-16(21)9-25-17)28-19(30)14-6-13(12-2-3-12)7-15(8-14)20(22,23)24/h4-12H,2-3H2,1H3,(H,28,30). The summed E-state index contributed by atoms with van der Waals surface area (Å²) in [5.41, 5.74) is -0.289. The zero-order chi connectivity index (χ0) is 21.5. The Balaban J connectivity index is 1.58. The molecule has 1 aliphatic rings. The van der Waals surface area contributed by atoms with Gasteiger partial charge in [-0.05, 0) is 77.5 Å². The molecule has 1 N–H and O–H groups in total. The van der Waals surface area contributed by atoms with Crippen molar-refractivity contribution in [2.75, 3.05) is 0 Å². The number of nitrogens with zero attached hydrogens (tertiary/aromatic N) is 4. The van der Waals surface area contributed by atoms with Gasteiger partial charge in [-0.3, -0.25) is 4.79 Å². The lowest BCUT2D eigenvalue weighted by molar-refractivity contribution is -0.137. The number of alkyl halides is 3. The Hall–Kier alpha value is -2.75. The van der Waals surface area contributed by atoms with E-state index in [0.717, 1.165) is 29.4 Å². The maximum atomic E-state index is 13.3. The number of rotatable bonds is 5. The molecule has 1 amide bonds. The van der Waals surface area contributed by atoms with Gasteiger partial charge in [-0.1, -0.05) is 0 Å². The molecule has 1 fully saturated rings. The maximum Gasteiger partial charge on any atom is 0.416 e. The molecule has 10 heteroatoms. The highest BCUT2D eigenvalue weighted by molar-refractivity contribution is 9.10. The summed E-state index contributed by atoms with van der Waals surface area (Å²) in [4.78, 5) is 21.2. The van der Waals surface area contributed by atoms with Crippen LogP contribution in [0.1, 0.15) is 59.0 Å². The number of hydrogen-bond donors (Lipinski definition) is 1. The third-order valence-corrected chi connectivity index (χ3v) is 5.30. The predicted molar refractivity (Wildman–Crippen MR) is 106 cm³/mol. The highest BCUT2D eigenvalue weighted by Gasteiger charge is 2.34. The van der Waals surface area contributed by atoms with Crippen molar-refractivity contribution >= 4 is 21.8 Å². The van der Waals surface area contributed by atoms with Crippen LogP contribution in [-0.2, 0) is 6.18 Å². The molecule has 156 valence electrons. The van der Waals surface area contributed by atoms with Crippen LogP contribution in [0.25, 0.3) is 5.82 Å². The molecule has 0 bridgehead atoms. The molecule has 30 heavy (non-hydrogen) atoms. The minimum absolute atomic E-state index is 0.0218. The second-order valence-corrected chi connectivity index (χ2v) is 8.09. The van der Waals surface area contributed by atoms with Crippen LogP contribution in [0.15, 0.2) is 47.3 Å². The normalized spacial score (nSPS) is 15.1. The fraction of sp³-hybridized carbons (Fsp3) is 0.300. The van der Waals surface area contributed by atoms with E-state index in [4.69, 9.17) is 0 Å². The highest BCUT2D eigenvalue weighted by Crippen LogP contribution is 2.42. The fourth-order valence-electron chi connectivity index (χ4n) is 3.16. The first-order chi connectivity index (χ1) is 14.2. The molecule has 1 aromatic carbocycles. The van der Waals surface area contributed by atoms with E-state index in [1.807, 2.05) is 0 Å². The summed E-state index contributed by atoms with van der Waals surface area (Å²) in [5, 5.41) is 6.86. The second kappa shape index (κ2) is 7.82. The number of hydrogen-bond acceptors (Lipinski definition) is 4. The minimum Gasteiger partial charge on any atom is -0.342 e. The number of pyridine rings is 1. The van der Waals surface area contributed by atoms with Gasteiger partial charge in [0.25, 0.3) is 5.91 Å². The van der Waals surface area contributed by atoms with Crippen molar-refractivity contribution in [3.63, 3.8) is 0 Å². The van der Waals surface area contributed by atoms with Crippen molar-refractivity contribution in [1.29, 1.82) is 0 Å². The van der Waals surface area contributed by atoms with E-state index in [0.29, 0.717) is 17.2 Å². The summed E-state index contributed by atoms with van der Waals surface area (Å²) in [6.07, 6.45) is 0.0897. The maximum absolute atomic E-state index is 13.3. The van der Waals surface area contributed by atoms with Crippen LogP contribution >= 0.6 is 15.9 Å². The van der Waals surface area contributed by atoms with Crippen molar-refractivity contribution in [3.05, 3.63) is 69.8 Å². The topological polar surface area (TPSA) is 72.7 Å². The molecule has 1 atom stereocenters.